The first-order chi connectivity index (χ1) is 7.88. The largest absolute Gasteiger partial charge is 0.317 e. The van der Waals surface area contributed by atoms with E-state index in [0.29, 0.717) is 0 Å². The van der Waals surface area contributed by atoms with E-state index in [0.717, 1.165) is 6.04 Å². The van der Waals surface area contributed by atoms with Gasteiger partial charge in [0.2, 0.25) is 0 Å². The van der Waals surface area contributed by atoms with E-state index in [2.05, 4.69) is 24.1 Å². The Balaban J connectivity index is 2.05. The maximum absolute atomic E-state index is 3.50. The van der Waals surface area contributed by atoms with Gasteiger partial charge in [-0.1, -0.05) is 20.3 Å². The summed E-state index contributed by atoms with van der Waals surface area (Å²) >= 11 is 0. The highest BCUT2D eigenvalue weighted by Gasteiger charge is 2.22. The lowest BCUT2D eigenvalue weighted by Crippen LogP contribution is -2.31. The Hall–Kier alpha value is -0.0800. The molecular weight excluding hydrogens is 196 g/mol. The molecule has 0 saturated carbocycles. The molecule has 0 spiro atoms. The fraction of sp³-hybridized carbons (Fsp3) is 1.00. The fourth-order valence-electron chi connectivity index (χ4n) is 2.64. The Morgan fingerprint density at radius 3 is 2.75 bits per heavy atom. The van der Waals surface area contributed by atoms with Crippen LogP contribution in [0.3, 0.4) is 0 Å². The SMILES string of the molecule is CCCCN1CCCC1CCCNCCC. The molecule has 1 N–H and O–H groups in total. The summed E-state index contributed by atoms with van der Waals surface area (Å²) in [5.41, 5.74) is 0. The van der Waals surface area contributed by atoms with Crippen LogP contribution in [0.25, 0.3) is 0 Å². The van der Waals surface area contributed by atoms with E-state index in [1.165, 1.54) is 71.1 Å². The first-order valence-corrected chi connectivity index (χ1v) is 7.33. The number of hydrogen-bond donors (Lipinski definition) is 1. The molecule has 0 aromatic carbocycles. The minimum Gasteiger partial charge on any atom is -0.317 e. The molecule has 0 aliphatic carbocycles. The van der Waals surface area contributed by atoms with Crippen molar-refractivity contribution in [3.05, 3.63) is 0 Å². The summed E-state index contributed by atoms with van der Waals surface area (Å²) < 4.78 is 0. The summed E-state index contributed by atoms with van der Waals surface area (Å²) in [6.07, 6.45) is 9.60. The van der Waals surface area contributed by atoms with Gasteiger partial charge < -0.3 is 10.2 Å². The van der Waals surface area contributed by atoms with Gasteiger partial charge in [0.25, 0.3) is 0 Å². The molecule has 0 amide bonds. The molecule has 1 fully saturated rings. The van der Waals surface area contributed by atoms with Crippen molar-refractivity contribution >= 4 is 0 Å². The third-order valence-electron chi connectivity index (χ3n) is 3.62. The van der Waals surface area contributed by atoms with Gasteiger partial charge in [-0.2, -0.15) is 0 Å². The molecule has 1 rings (SSSR count). The average molecular weight is 226 g/mol. The summed E-state index contributed by atoms with van der Waals surface area (Å²) in [5, 5.41) is 3.50. The van der Waals surface area contributed by atoms with Gasteiger partial charge in [-0.05, 0) is 64.7 Å². The lowest BCUT2D eigenvalue weighted by atomic mass is 10.1. The zero-order valence-electron chi connectivity index (χ0n) is 11.3. The molecule has 2 heteroatoms. The topological polar surface area (TPSA) is 15.3 Å². The molecule has 1 saturated heterocycles. The third-order valence-corrected chi connectivity index (χ3v) is 3.62. The zero-order chi connectivity index (χ0) is 11.6. The van der Waals surface area contributed by atoms with E-state index < -0.39 is 0 Å². The highest BCUT2D eigenvalue weighted by molar-refractivity contribution is 4.78. The van der Waals surface area contributed by atoms with E-state index in [1.54, 1.807) is 0 Å². The zero-order valence-corrected chi connectivity index (χ0v) is 11.3. The maximum atomic E-state index is 3.50. The minimum absolute atomic E-state index is 0.898. The summed E-state index contributed by atoms with van der Waals surface area (Å²) in [6.45, 7) is 9.61. The number of hydrogen-bond acceptors (Lipinski definition) is 2. The van der Waals surface area contributed by atoms with Crippen LogP contribution in [0.15, 0.2) is 0 Å². The lowest BCUT2D eigenvalue weighted by Gasteiger charge is -2.24. The molecule has 0 aromatic heterocycles. The lowest BCUT2D eigenvalue weighted by molar-refractivity contribution is 0.236. The predicted molar refractivity (Wildman–Crippen MR) is 71.9 cm³/mol. The molecule has 2 nitrogen and oxygen atoms in total. The molecule has 1 unspecified atom stereocenters. The standard InChI is InChI=1S/C14H30N2/c1-3-5-12-16-13-7-9-14(16)8-6-11-15-10-4-2/h14-15H,3-13H2,1-2H3. The fourth-order valence-corrected chi connectivity index (χ4v) is 2.64. The highest BCUT2D eigenvalue weighted by atomic mass is 15.2. The summed E-state index contributed by atoms with van der Waals surface area (Å²) in [7, 11) is 0. The van der Waals surface area contributed by atoms with Crippen LogP contribution in [-0.4, -0.2) is 37.1 Å². The van der Waals surface area contributed by atoms with Crippen LogP contribution in [0.1, 0.15) is 58.8 Å². The van der Waals surface area contributed by atoms with E-state index in [9.17, 15) is 0 Å². The van der Waals surface area contributed by atoms with Gasteiger partial charge in [-0.3, -0.25) is 0 Å². The van der Waals surface area contributed by atoms with Crippen molar-refractivity contribution in [3.63, 3.8) is 0 Å². The summed E-state index contributed by atoms with van der Waals surface area (Å²) in [6, 6.07) is 0.898. The van der Waals surface area contributed by atoms with Crippen molar-refractivity contribution in [2.75, 3.05) is 26.2 Å². The molecule has 0 aromatic rings. The molecule has 0 radical (unpaired) electrons. The number of nitrogens with zero attached hydrogens (tertiary/aromatic N) is 1. The Kier molecular flexibility index (Phi) is 7.87. The molecule has 16 heavy (non-hydrogen) atoms. The summed E-state index contributed by atoms with van der Waals surface area (Å²) in [5.74, 6) is 0. The van der Waals surface area contributed by atoms with Crippen LogP contribution in [0, 0.1) is 0 Å². The van der Waals surface area contributed by atoms with E-state index in [-0.39, 0.29) is 0 Å². The second-order valence-corrected chi connectivity index (χ2v) is 5.08. The Morgan fingerprint density at radius 1 is 1.12 bits per heavy atom. The van der Waals surface area contributed by atoms with Crippen LogP contribution >= 0.6 is 0 Å². The molecule has 1 atom stereocenters. The number of rotatable bonds is 9. The van der Waals surface area contributed by atoms with Gasteiger partial charge in [0.05, 0.1) is 0 Å². The second kappa shape index (κ2) is 9.00. The van der Waals surface area contributed by atoms with Gasteiger partial charge in [-0.15, -0.1) is 0 Å². The van der Waals surface area contributed by atoms with Crippen LogP contribution in [0.4, 0.5) is 0 Å². The molecule has 1 aliphatic rings. The van der Waals surface area contributed by atoms with Gasteiger partial charge in [-0.25, -0.2) is 0 Å². The van der Waals surface area contributed by atoms with Gasteiger partial charge in [0.15, 0.2) is 0 Å². The van der Waals surface area contributed by atoms with E-state index in [4.69, 9.17) is 0 Å². The van der Waals surface area contributed by atoms with Gasteiger partial charge in [0.1, 0.15) is 0 Å². The van der Waals surface area contributed by atoms with E-state index in [1.807, 2.05) is 0 Å². The average Bonchev–Trinajstić information content (AvgIpc) is 2.74. The molecular formula is C14H30N2. The number of likely N-dealkylation sites (tertiary alicyclic amines) is 1. The second-order valence-electron chi connectivity index (χ2n) is 5.08. The maximum Gasteiger partial charge on any atom is 0.00962 e. The van der Waals surface area contributed by atoms with Crippen molar-refractivity contribution in [3.8, 4) is 0 Å². The van der Waals surface area contributed by atoms with Crippen molar-refractivity contribution in [1.82, 2.24) is 10.2 Å². The number of nitrogens with one attached hydrogen (secondary N) is 1. The van der Waals surface area contributed by atoms with Crippen LogP contribution in [0.2, 0.25) is 0 Å². The van der Waals surface area contributed by atoms with Crippen molar-refractivity contribution in [1.29, 1.82) is 0 Å². The summed E-state index contributed by atoms with van der Waals surface area (Å²) in [4.78, 5) is 2.73. The number of unbranched alkanes of at least 4 members (excludes halogenated alkanes) is 1. The van der Waals surface area contributed by atoms with Crippen molar-refractivity contribution < 1.29 is 0 Å². The molecule has 1 heterocycles. The molecule has 0 bridgehead atoms. The van der Waals surface area contributed by atoms with Gasteiger partial charge >= 0.3 is 0 Å². The first-order valence-electron chi connectivity index (χ1n) is 7.33. The Morgan fingerprint density at radius 2 is 2.00 bits per heavy atom. The first kappa shape index (κ1) is 14.0. The highest BCUT2D eigenvalue weighted by Crippen LogP contribution is 2.21. The molecule has 1 aliphatic heterocycles. The van der Waals surface area contributed by atoms with Crippen LogP contribution in [-0.2, 0) is 0 Å². The van der Waals surface area contributed by atoms with Gasteiger partial charge in [0, 0.05) is 6.04 Å². The molecule has 96 valence electrons. The third kappa shape index (κ3) is 5.31. The minimum atomic E-state index is 0.898. The smallest absolute Gasteiger partial charge is 0.00962 e. The predicted octanol–water partition coefficient (Wildman–Crippen LogP) is 3.03. The van der Waals surface area contributed by atoms with Crippen molar-refractivity contribution in [2.45, 2.75) is 64.8 Å². The van der Waals surface area contributed by atoms with Crippen LogP contribution < -0.4 is 5.32 Å². The normalized spacial score (nSPS) is 21.8. The quantitative estimate of drug-likeness (QED) is 0.608. The monoisotopic (exact) mass is 226 g/mol. The van der Waals surface area contributed by atoms with Crippen LogP contribution in [0.5, 0.6) is 0 Å². The Labute approximate surface area is 102 Å². The van der Waals surface area contributed by atoms with E-state index >= 15 is 0 Å². The van der Waals surface area contributed by atoms with Crippen molar-refractivity contribution in [2.24, 2.45) is 0 Å². The Bertz CT molecular complexity index is 159.